The van der Waals surface area contributed by atoms with E-state index in [1.54, 1.807) is 12.1 Å². The van der Waals surface area contributed by atoms with Gasteiger partial charge in [0.25, 0.3) is 0 Å². The van der Waals surface area contributed by atoms with Gasteiger partial charge in [0.1, 0.15) is 12.9 Å². The molecule has 0 N–H and O–H groups in total. The van der Waals surface area contributed by atoms with Gasteiger partial charge in [0.2, 0.25) is 5.69 Å². The van der Waals surface area contributed by atoms with E-state index >= 15 is 4.39 Å². The van der Waals surface area contributed by atoms with E-state index in [0.29, 0.717) is 5.52 Å². The van der Waals surface area contributed by atoms with Crippen molar-refractivity contribution >= 4 is 32.6 Å². The van der Waals surface area contributed by atoms with Gasteiger partial charge in [0, 0.05) is 22.5 Å². The molecule has 6 aromatic rings. The lowest BCUT2D eigenvalue weighted by Crippen LogP contribution is -2.30. The van der Waals surface area contributed by atoms with Gasteiger partial charge in [0.05, 0.1) is 22.0 Å². The molecule has 2 aromatic heterocycles. The first-order valence-corrected chi connectivity index (χ1v) is 11.6. The molecule has 0 saturated carbocycles. The Morgan fingerprint density at radius 1 is 0.765 bits per heavy atom. The Balaban J connectivity index is 1.73. The fraction of sp³-hybridized carbons (Fsp3) is 0.129. The average Bonchev–Trinajstić information content (AvgIpc) is 3.17. The normalized spacial score (nSPS) is 11.7. The molecule has 0 amide bonds. The molecular weight excluding hydrogens is 419 g/mol. The summed E-state index contributed by atoms with van der Waals surface area (Å²) in [5.74, 6) is -0.210. The van der Waals surface area contributed by atoms with Crippen LogP contribution in [0.1, 0.15) is 16.7 Å². The van der Waals surface area contributed by atoms with Crippen LogP contribution in [0.25, 0.3) is 49.5 Å². The second-order valence-electron chi connectivity index (χ2n) is 9.29. The maximum Gasteiger partial charge on any atom is 0.220 e. The molecule has 0 fully saturated rings. The second kappa shape index (κ2) is 7.53. The molecule has 0 saturated heterocycles. The Morgan fingerprint density at radius 3 is 2.41 bits per heavy atom. The fourth-order valence-corrected chi connectivity index (χ4v) is 5.36. The topological polar surface area (TPSA) is 8.81 Å². The third-order valence-electron chi connectivity index (χ3n) is 7.09. The number of halogens is 1. The SMILES string of the molecule is Cc1cc(C)c(C)c(-c2c3cc(-n4c5ccccc5c5cccc(F)c54)ccc3cc[n+]2C)c1. The molecule has 2 nitrogen and oxygen atoms in total. The molecule has 0 spiro atoms. The van der Waals surface area contributed by atoms with Gasteiger partial charge in [0.15, 0.2) is 6.20 Å². The molecule has 0 aliphatic rings. The maximum atomic E-state index is 15.2. The molecule has 0 unspecified atom stereocenters. The minimum Gasteiger partial charge on any atom is -0.306 e. The highest BCUT2D eigenvalue weighted by molar-refractivity contribution is 6.09. The van der Waals surface area contributed by atoms with E-state index in [1.165, 1.54) is 27.9 Å². The minimum atomic E-state index is -0.210. The number of para-hydroxylation sites is 2. The van der Waals surface area contributed by atoms with Crippen LogP contribution in [0.4, 0.5) is 4.39 Å². The molecule has 3 heteroatoms. The van der Waals surface area contributed by atoms with Crippen molar-refractivity contribution in [1.29, 1.82) is 0 Å². The van der Waals surface area contributed by atoms with Crippen molar-refractivity contribution in [1.82, 2.24) is 4.57 Å². The zero-order valence-corrected chi connectivity index (χ0v) is 19.9. The first kappa shape index (κ1) is 20.6. The van der Waals surface area contributed by atoms with E-state index in [0.717, 1.165) is 32.7 Å². The molecule has 6 rings (SSSR count). The Hall–Kier alpha value is -3.98. The zero-order valence-electron chi connectivity index (χ0n) is 19.9. The molecule has 0 atom stereocenters. The average molecular weight is 446 g/mol. The van der Waals surface area contributed by atoms with Crippen LogP contribution in [0.3, 0.4) is 0 Å². The first-order chi connectivity index (χ1) is 16.4. The van der Waals surface area contributed by atoms with Gasteiger partial charge < -0.3 is 4.57 Å². The number of hydrogen-bond acceptors (Lipinski definition) is 0. The zero-order chi connectivity index (χ0) is 23.6. The maximum absolute atomic E-state index is 15.2. The Morgan fingerprint density at radius 2 is 1.56 bits per heavy atom. The molecule has 0 aliphatic heterocycles. The van der Waals surface area contributed by atoms with Crippen LogP contribution < -0.4 is 4.57 Å². The Labute approximate surface area is 198 Å². The molecule has 4 aromatic carbocycles. The van der Waals surface area contributed by atoms with E-state index in [1.807, 2.05) is 18.2 Å². The number of aryl methyl sites for hydroxylation is 3. The van der Waals surface area contributed by atoms with E-state index < -0.39 is 0 Å². The van der Waals surface area contributed by atoms with Crippen LogP contribution in [0.15, 0.2) is 85.1 Å². The molecule has 34 heavy (non-hydrogen) atoms. The number of benzene rings is 4. The van der Waals surface area contributed by atoms with Crippen molar-refractivity contribution in [2.24, 2.45) is 7.05 Å². The number of hydrogen-bond donors (Lipinski definition) is 0. The Kier molecular flexibility index (Phi) is 4.56. The van der Waals surface area contributed by atoms with Gasteiger partial charge in [-0.2, -0.15) is 0 Å². The highest BCUT2D eigenvalue weighted by atomic mass is 19.1. The number of nitrogens with zero attached hydrogens (tertiary/aromatic N) is 2. The smallest absolute Gasteiger partial charge is 0.220 e. The first-order valence-electron chi connectivity index (χ1n) is 11.6. The van der Waals surface area contributed by atoms with Crippen molar-refractivity contribution in [3.05, 3.63) is 108 Å². The monoisotopic (exact) mass is 445 g/mol. The summed E-state index contributed by atoms with van der Waals surface area (Å²) >= 11 is 0. The van der Waals surface area contributed by atoms with Crippen LogP contribution in [0.2, 0.25) is 0 Å². The van der Waals surface area contributed by atoms with Crippen LogP contribution >= 0.6 is 0 Å². The van der Waals surface area contributed by atoms with Crippen molar-refractivity contribution in [3.8, 4) is 16.9 Å². The lowest BCUT2D eigenvalue weighted by Gasteiger charge is -2.13. The van der Waals surface area contributed by atoms with E-state index in [-0.39, 0.29) is 5.82 Å². The summed E-state index contributed by atoms with van der Waals surface area (Å²) in [4.78, 5) is 0. The summed E-state index contributed by atoms with van der Waals surface area (Å²) in [6, 6.07) is 26.6. The Bertz CT molecular complexity index is 1760. The van der Waals surface area contributed by atoms with Crippen LogP contribution in [-0.2, 0) is 7.05 Å². The second-order valence-corrected chi connectivity index (χ2v) is 9.29. The van der Waals surface area contributed by atoms with Crippen molar-refractivity contribution in [2.45, 2.75) is 20.8 Å². The quantitative estimate of drug-likeness (QED) is 0.244. The number of fused-ring (bicyclic) bond motifs is 4. The van der Waals surface area contributed by atoms with Crippen molar-refractivity contribution in [3.63, 3.8) is 0 Å². The molecule has 2 heterocycles. The predicted octanol–water partition coefficient (Wildman–Crippen LogP) is 7.49. The van der Waals surface area contributed by atoms with Gasteiger partial charge in [-0.15, -0.1) is 0 Å². The van der Waals surface area contributed by atoms with Crippen molar-refractivity contribution in [2.75, 3.05) is 0 Å². The largest absolute Gasteiger partial charge is 0.306 e. The van der Waals surface area contributed by atoms with E-state index in [4.69, 9.17) is 0 Å². The fourth-order valence-electron chi connectivity index (χ4n) is 5.36. The summed E-state index contributed by atoms with van der Waals surface area (Å²) in [5.41, 5.74) is 8.79. The summed E-state index contributed by atoms with van der Waals surface area (Å²) < 4.78 is 19.5. The highest BCUT2D eigenvalue weighted by Crippen LogP contribution is 2.36. The van der Waals surface area contributed by atoms with Gasteiger partial charge in [-0.1, -0.05) is 48.0 Å². The summed E-state index contributed by atoms with van der Waals surface area (Å²) in [5, 5.41) is 4.30. The number of aromatic nitrogens is 2. The van der Waals surface area contributed by atoms with Crippen molar-refractivity contribution < 1.29 is 8.96 Å². The standard InChI is InChI=1S/C31H26FN2/c1-19-16-20(2)21(3)26(17-19)30-27-18-23(13-12-22(27)14-15-33(30)4)34-29-11-6-5-8-24(29)25-9-7-10-28(32)31(25)34/h5-18H,1-4H3/q+1. The molecule has 0 aliphatic carbocycles. The third-order valence-corrected chi connectivity index (χ3v) is 7.09. The summed E-state index contributed by atoms with van der Waals surface area (Å²) in [6.07, 6.45) is 2.12. The minimum absolute atomic E-state index is 0.210. The highest BCUT2D eigenvalue weighted by Gasteiger charge is 2.21. The van der Waals surface area contributed by atoms with Gasteiger partial charge in [-0.05, 0) is 67.6 Å². The summed E-state index contributed by atoms with van der Waals surface area (Å²) in [7, 11) is 2.10. The van der Waals surface area contributed by atoms with Crippen LogP contribution in [0.5, 0.6) is 0 Å². The van der Waals surface area contributed by atoms with Crippen LogP contribution in [-0.4, -0.2) is 4.57 Å². The number of rotatable bonds is 2. The van der Waals surface area contributed by atoms with Crippen LogP contribution in [0, 0.1) is 26.6 Å². The molecule has 0 bridgehead atoms. The lowest BCUT2D eigenvalue weighted by atomic mass is 9.94. The molecule has 166 valence electrons. The third kappa shape index (κ3) is 2.97. The predicted molar refractivity (Wildman–Crippen MR) is 139 cm³/mol. The molecular formula is C31H26FN2+. The van der Waals surface area contributed by atoms with Gasteiger partial charge in [-0.25, -0.2) is 8.96 Å². The van der Waals surface area contributed by atoms with E-state index in [9.17, 15) is 0 Å². The van der Waals surface area contributed by atoms with E-state index in [2.05, 4.69) is 91.7 Å². The number of pyridine rings is 1. The van der Waals surface area contributed by atoms with Gasteiger partial charge >= 0.3 is 0 Å². The summed E-state index contributed by atoms with van der Waals surface area (Å²) in [6.45, 7) is 6.51. The molecule has 0 radical (unpaired) electrons. The lowest BCUT2D eigenvalue weighted by molar-refractivity contribution is -0.659. The van der Waals surface area contributed by atoms with Gasteiger partial charge in [-0.3, -0.25) is 0 Å².